The minimum atomic E-state index is -3.85. The highest BCUT2D eigenvalue weighted by molar-refractivity contribution is 7.93. The van der Waals surface area contributed by atoms with Crippen LogP contribution >= 0.6 is 0 Å². The number of aromatic nitrogens is 1. The molecule has 0 radical (unpaired) electrons. The van der Waals surface area contributed by atoms with Gasteiger partial charge in [0.15, 0.2) is 0 Å². The molecule has 4 rings (SSSR count). The van der Waals surface area contributed by atoms with E-state index in [0.29, 0.717) is 42.9 Å². The van der Waals surface area contributed by atoms with Gasteiger partial charge in [0.05, 0.1) is 5.52 Å². The van der Waals surface area contributed by atoms with Gasteiger partial charge in [-0.05, 0) is 56.1 Å². The molecule has 0 spiro atoms. The summed E-state index contributed by atoms with van der Waals surface area (Å²) in [6.07, 6.45) is 7.13. The summed E-state index contributed by atoms with van der Waals surface area (Å²) in [6.45, 7) is 8.03. The fraction of sp³-hybridized carbons (Fsp3) is 0.192. The number of rotatable bonds is 7. The van der Waals surface area contributed by atoms with E-state index in [1.807, 2.05) is 31.2 Å². The molecule has 9 heteroatoms. The number of sulfonamides is 1. The van der Waals surface area contributed by atoms with E-state index in [4.69, 9.17) is 0 Å². The highest BCUT2D eigenvalue weighted by Crippen LogP contribution is 2.24. The number of hydrogen-bond donors (Lipinski definition) is 1. The molecule has 8 nitrogen and oxygen atoms in total. The molecule has 0 aliphatic carbocycles. The molecule has 35 heavy (non-hydrogen) atoms. The largest absolute Gasteiger partial charge is 0.368 e. The minimum Gasteiger partial charge on any atom is -0.368 e. The predicted octanol–water partition coefficient (Wildman–Crippen LogP) is 3.91. The summed E-state index contributed by atoms with van der Waals surface area (Å²) in [5, 5.41) is 0.742. The second-order valence-electron chi connectivity index (χ2n) is 8.01. The zero-order valence-electron chi connectivity index (χ0n) is 19.5. The number of amides is 1. The number of fused-ring (bicyclic) bond motifs is 1. The maximum Gasteiger partial charge on any atom is 0.264 e. The van der Waals surface area contributed by atoms with E-state index in [-0.39, 0.29) is 10.8 Å². The fourth-order valence-corrected chi connectivity index (χ4v) is 5.29. The number of carbonyl (C=O) groups excluding carboxylic acids is 1. The molecule has 1 aromatic heterocycles. The van der Waals surface area contributed by atoms with Crippen LogP contribution in [-0.2, 0) is 10.0 Å². The van der Waals surface area contributed by atoms with Gasteiger partial charge in [0.1, 0.15) is 4.90 Å². The first-order chi connectivity index (χ1) is 16.9. The second kappa shape index (κ2) is 10.5. The number of anilines is 1. The van der Waals surface area contributed by atoms with Crippen LogP contribution in [0.3, 0.4) is 0 Å². The van der Waals surface area contributed by atoms with E-state index in [2.05, 4.69) is 26.3 Å². The molecule has 1 aliphatic rings. The lowest BCUT2D eigenvalue weighted by atomic mass is 10.1. The quantitative estimate of drug-likeness (QED) is 0.401. The average molecular weight is 490 g/mol. The van der Waals surface area contributed by atoms with Gasteiger partial charge < -0.3 is 9.80 Å². The maximum absolute atomic E-state index is 13.0. The predicted molar refractivity (Wildman–Crippen MR) is 139 cm³/mol. The van der Waals surface area contributed by atoms with Gasteiger partial charge in [-0.25, -0.2) is 8.42 Å². The molecular weight excluding hydrogens is 462 g/mol. The Labute approximate surface area is 205 Å². The Bertz CT molecular complexity index is 1380. The third kappa shape index (κ3) is 5.41. The number of hydrogen-bond acceptors (Lipinski definition) is 6. The van der Waals surface area contributed by atoms with E-state index in [1.54, 1.807) is 53.7 Å². The third-order valence-electron chi connectivity index (χ3n) is 5.85. The number of nitrogens with one attached hydrogen (secondary N) is 1. The van der Waals surface area contributed by atoms with Gasteiger partial charge in [0.25, 0.3) is 15.9 Å². The number of allylic oxidation sites excluding steroid dienone is 2. The van der Waals surface area contributed by atoms with Gasteiger partial charge >= 0.3 is 0 Å². The Hall–Kier alpha value is -3.98. The van der Waals surface area contributed by atoms with Crippen LogP contribution in [0.2, 0.25) is 0 Å². The van der Waals surface area contributed by atoms with Gasteiger partial charge in [-0.2, -0.15) is 0 Å². The normalized spacial score (nSPS) is 14.9. The molecule has 0 saturated carbocycles. The summed E-state index contributed by atoms with van der Waals surface area (Å²) in [7, 11) is -3.85. The lowest BCUT2D eigenvalue weighted by Gasteiger charge is -2.36. The first-order valence-corrected chi connectivity index (χ1v) is 12.7. The number of benzene rings is 2. The van der Waals surface area contributed by atoms with Gasteiger partial charge in [0.2, 0.25) is 0 Å². The first kappa shape index (κ1) is 24.2. The SMILES string of the molecule is C=N/C=C\C(=C/C)N1CCN(C(=O)c2ccc(NS(=O)(=O)c3cccc4cccnc34)cc2)CC1. The van der Waals surface area contributed by atoms with Crippen molar-refractivity contribution in [1.29, 1.82) is 0 Å². The first-order valence-electron chi connectivity index (χ1n) is 11.2. The molecule has 1 aliphatic heterocycles. The van der Waals surface area contributed by atoms with Gasteiger partial charge in [-0.15, -0.1) is 0 Å². The van der Waals surface area contributed by atoms with Crippen LogP contribution in [-0.4, -0.2) is 62.0 Å². The monoisotopic (exact) mass is 489 g/mol. The highest BCUT2D eigenvalue weighted by atomic mass is 32.2. The average Bonchev–Trinajstić information content (AvgIpc) is 2.89. The van der Waals surface area contributed by atoms with Crippen molar-refractivity contribution in [3.63, 3.8) is 0 Å². The standard InChI is InChI=1S/C26H27N5O3S/c1-3-23(13-15-27-2)30-16-18-31(19-17-30)26(32)21-9-11-22(12-10-21)29-35(33,34)24-8-4-6-20-7-5-14-28-25(20)24/h3-15,29H,2,16-19H2,1H3/b15-13-,23-3+. The molecule has 1 saturated heterocycles. The van der Waals surface area contributed by atoms with Crippen LogP contribution in [0.5, 0.6) is 0 Å². The molecule has 1 fully saturated rings. The number of pyridine rings is 1. The Kier molecular flexibility index (Phi) is 7.26. The summed E-state index contributed by atoms with van der Waals surface area (Å²) in [6, 6.07) is 15.1. The summed E-state index contributed by atoms with van der Waals surface area (Å²) >= 11 is 0. The zero-order valence-corrected chi connectivity index (χ0v) is 20.3. The number of aliphatic imine (C=N–C) groups is 1. The molecule has 180 valence electrons. The van der Waals surface area contributed by atoms with Crippen LogP contribution in [0, 0.1) is 0 Å². The van der Waals surface area contributed by atoms with Crippen molar-refractivity contribution in [2.24, 2.45) is 4.99 Å². The zero-order chi connectivity index (χ0) is 24.8. The fourth-order valence-electron chi connectivity index (χ4n) is 4.05. The molecule has 0 bridgehead atoms. The molecular formula is C26H27N5O3S. The van der Waals surface area contributed by atoms with Crippen molar-refractivity contribution in [3.05, 3.63) is 90.4 Å². The number of nitrogens with zero attached hydrogens (tertiary/aromatic N) is 4. The van der Waals surface area contributed by atoms with E-state index in [0.717, 1.165) is 11.1 Å². The Balaban J connectivity index is 1.42. The number of para-hydroxylation sites is 1. The lowest BCUT2D eigenvalue weighted by molar-refractivity contribution is 0.0672. The van der Waals surface area contributed by atoms with Crippen molar-refractivity contribution in [2.75, 3.05) is 30.9 Å². The Morgan fingerprint density at radius 3 is 2.40 bits per heavy atom. The third-order valence-corrected chi connectivity index (χ3v) is 7.26. The summed E-state index contributed by atoms with van der Waals surface area (Å²) in [4.78, 5) is 25.1. The molecule has 2 aromatic carbocycles. The topological polar surface area (TPSA) is 95.0 Å². The number of carbonyl (C=O) groups is 1. The molecule has 2 heterocycles. The molecule has 1 amide bonds. The van der Waals surface area contributed by atoms with Crippen LogP contribution in [0.4, 0.5) is 5.69 Å². The van der Waals surface area contributed by atoms with E-state index in [9.17, 15) is 13.2 Å². The van der Waals surface area contributed by atoms with Crippen molar-refractivity contribution >= 4 is 39.2 Å². The van der Waals surface area contributed by atoms with Gasteiger partial charge in [-0.1, -0.05) is 24.3 Å². The molecule has 0 unspecified atom stereocenters. The Morgan fingerprint density at radius 2 is 1.71 bits per heavy atom. The lowest BCUT2D eigenvalue weighted by Crippen LogP contribution is -2.48. The van der Waals surface area contributed by atoms with E-state index in [1.165, 1.54) is 6.07 Å². The molecule has 1 N–H and O–H groups in total. The number of piperazine rings is 1. The Morgan fingerprint density at radius 1 is 1.03 bits per heavy atom. The van der Waals surface area contributed by atoms with Crippen molar-refractivity contribution in [3.8, 4) is 0 Å². The van der Waals surface area contributed by atoms with Gasteiger partial charge in [0, 0.05) is 60.9 Å². The van der Waals surface area contributed by atoms with Crippen molar-refractivity contribution < 1.29 is 13.2 Å². The summed E-state index contributed by atoms with van der Waals surface area (Å²) in [5.74, 6) is -0.0809. The minimum absolute atomic E-state index is 0.0809. The summed E-state index contributed by atoms with van der Waals surface area (Å²) < 4.78 is 28.6. The van der Waals surface area contributed by atoms with Crippen LogP contribution in [0.25, 0.3) is 10.9 Å². The van der Waals surface area contributed by atoms with Gasteiger partial charge in [-0.3, -0.25) is 19.5 Å². The molecule has 0 atom stereocenters. The van der Waals surface area contributed by atoms with Crippen molar-refractivity contribution in [1.82, 2.24) is 14.8 Å². The highest BCUT2D eigenvalue weighted by Gasteiger charge is 2.23. The van der Waals surface area contributed by atoms with E-state index < -0.39 is 10.0 Å². The van der Waals surface area contributed by atoms with Crippen LogP contribution < -0.4 is 4.72 Å². The second-order valence-corrected chi connectivity index (χ2v) is 9.66. The summed E-state index contributed by atoms with van der Waals surface area (Å²) in [5.41, 5.74) is 2.34. The maximum atomic E-state index is 13.0. The van der Waals surface area contributed by atoms with Crippen molar-refractivity contribution in [2.45, 2.75) is 11.8 Å². The van der Waals surface area contributed by atoms with E-state index >= 15 is 0 Å². The van der Waals surface area contributed by atoms with Crippen LogP contribution in [0.1, 0.15) is 17.3 Å². The smallest absolute Gasteiger partial charge is 0.264 e. The van der Waals surface area contributed by atoms with Crippen LogP contribution in [0.15, 0.2) is 94.7 Å². The molecule has 3 aromatic rings.